The third kappa shape index (κ3) is 3.92. The average molecular weight is 392 g/mol. The van der Waals surface area contributed by atoms with Crippen LogP contribution in [0, 0.1) is 0 Å². The van der Waals surface area contributed by atoms with Gasteiger partial charge in [0.2, 0.25) is 0 Å². The number of rotatable bonds is 5. The molecule has 0 unspecified atom stereocenters. The number of hydrogen-bond donors (Lipinski definition) is 0. The summed E-state index contributed by atoms with van der Waals surface area (Å²) in [5, 5.41) is 1.02. The second-order valence-corrected chi connectivity index (χ2v) is 8.19. The summed E-state index contributed by atoms with van der Waals surface area (Å²) in [6.45, 7) is 20.1. The molecule has 0 amide bonds. The van der Waals surface area contributed by atoms with E-state index in [-0.39, 0.29) is 18.6 Å². The Hall–Kier alpha value is -2.30. The van der Waals surface area contributed by atoms with Gasteiger partial charge >= 0.3 is 7.12 Å². The molecule has 1 saturated heterocycles. The molecule has 1 aromatic carbocycles. The summed E-state index contributed by atoms with van der Waals surface area (Å²) in [6, 6.07) is 6.09. The van der Waals surface area contributed by atoms with Crippen LogP contribution in [0.25, 0.3) is 22.6 Å². The monoisotopic (exact) mass is 392 g/mol. The zero-order valence-corrected chi connectivity index (χ0v) is 17.8. The number of furan rings is 1. The van der Waals surface area contributed by atoms with Gasteiger partial charge in [-0.25, -0.2) is 0 Å². The Morgan fingerprint density at radius 1 is 1.07 bits per heavy atom. The first-order chi connectivity index (χ1) is 13.1. The summed E-state index contributed by atoms with van der Waals surface area (Å²) in [4.78, 5) is 0. The zero-order valence-electron chi connectivity index (χ0n) is 17.8. The first-order valence-electron chi connectivity index (χ1n) is 9.66. The van der Waals surface area contributed by atoms with E-state index in [4.69, 9.17) is 13.7 Å². The maximum Gasteiger partial charge on any atom is 0.494 e. The van der Waals surface area contributed by atoms with Crippen molar-refractivity contribution in [2.45, 2.75) is 60.2 Å². The maximum absolute atomic E-state index is 6.29. The molecule has 1 aromatic heterocycles. The van der Waals surface area contributed by atoms with E-state index in [9.17, 15) is 0 Å². The summed E-state index contributed by atoms with van der Waals surface area (Å²) in [6.07, 6.45) is 7.72. The largest absolute Gasteiger partial charge is 0.494 e. The van der Waals surface area contributed by atoms with Crippen LogP contribution < -0.4 is 5.46 Å². The Kier molecular flexibility index (Phi) is 6.51. The Bertz CT molecular complexity index is 973. The molecular formula is C25H33BO3. The first-order valence-corrected chi connectivity index (χ1v) is 9.66. The standard InChI is InChI=1S/C24H29BO3.CH4/c1-9-12-19(16(4)10-2)22-18(11-3)20-14-13-17(15-21(20)26-22)25-27-23(5,6)24(7,8)28-25;/h9-15H,2-3H2,1,4-8H3;1H4/b12-9-,19-16+;. The van der Waals surface area contributed by atoms with Gasteiger partial charge in [0, 0.05) is 16.5 Å². The lowest BCUT2D eigenvalue weighted by Crippen LogP contribution is -2.41. The molecule has 154 valence electrons. The molecule has 1 fully saturated rings. The number of fused-ring (bicyclic) bond motifs is 1. The van der Waals surface area contributed by atoms with Gasteiger partial charge in [-0.3, -0.25) is 0 Å². The number of benzene rings is 1. The van der Waals surface area contributed by atoms with Crippen LogP contribution in [-0.2, 0) is 9.31 Å². The predicted molar refractivity (Wildman–Crippen MR) is 126 cm³/mol. The molecule has 0 bridgehead atoms. The highest BCUT2D eigenvalue weighted by atomic mass is 16.7. The zero-order chi connectivity index (χ0) is 20.7. The summed E-state index contributed by atoms with van der Waals surface area (Å²) >= 11 is 0. The van der Waals surface area contributed by atoms with Gasteiger partial charge in [-0.15, -0.1) is 0 Å². The third-order valence-electron chi connectivity index (χ3n) is 5.79. The van der Waals surface area contributed by atoms with E-state index < -0.39 is 7.12 Å². The van der Waals surface area contributed by atoms with Crippen molar-refractivity contribution in [2.24, 2.45) is 0 Å². The Balaban J connectivity index is 0.00000300. The minimum absolute atomic E-state index is 0. The van der Waals surface area contributed by atoms with E-state index in [1.807, 2.05) is 50.3 Å². The van der Waals surface area contributed by atoms with E-state index in [0.29, 0.717) is 0 Å². The average Bonchev–Trinajstić information content (AvgIpc) is 3.11. The predicted octanol–water partition coefficient (Wildman–Crippen LogP) is 6.55. The highest BCUT2D eigenvalue weighted by Crippen LogP contribution is 2.38. The molecular weight excluding hydrogens is 359 g/mol. The van der Waals surface area contributed by atoms with E-state index in [1.165, 1.54) is 0 Å². The molecule has 0 atom stereocenters. The molecule has 0 radical (unpaired) electrons. The van der Waals surface area contributed by atoms with Crippen LogP contribution in [0.2, 0.25) is 0 Å². The fourth-order valence-corrected chi connectivity index (χ4v) is 3.32. The lowest BCUT2D eigenvalue weighted by Gasteiger charge is -2.32. The van der Waals surface area contributed by atoms with Crippen LogP contribution >= 0.6 is 0 Å². The van der Waals surface area contributed by atoms with Gasteiger partial charge < -0.3 is 13.7 Å². The minimum Gasteiger partial charge on any atom is -0.455 e. The van der Waals surface area contributed by atoms with Crippen LogP contribution in [0.5, 0.6) is 0 Å². The third-order valence-corrected chi connectivity index (χ3v) is 5.79. The van der Waals surface area contributed by atoms with Gasteiger partial charge in [0.1, 0.15) is 11.3 Å². The Morgan fingerprint density at radius 2 is 1.69 bits per heavy atom. The normalized spacial score (nSPS) is 18.6. The molecule has 0 N–H and O–H groups in total. The fourth-order valence-electron chi connectivity index (χ4n) is 3.32. The van der Waals surface area contributed by atoms with Gasteiger partial charge in [0.15, 0.2) is 0 Å². The topological polar surface area (TPSA) is 31.6 Å². The number of hydrogen-bond acceptors (Lipinski definition) is 3. The van der Waals surface area contributed by atoms with Crippen molar-refractivity contribution in [3.8, 4) is 0 Å². The van der Waals surface area contributed by atoms with E-state index in [2.05, 4.69) is 46.9 Å². The quantitative estimate of drug-likeness (QED) is 0.427. The summed E-state index contributed by atoms with van der Waals surface area (Å²) in [5.74, 6) is 0.798. The van der Waals surface area contributed by atoms with E-state index in [1.54, 1.807) is 0 Å². The van der Waals surface area contributed by atoms with E-state index in [0.717, 1.165) is 38.9 Å². The SMILES string of the molecule is C.C=C/C(C)=C(\C=C/C)c1oc2cc(B3OC(C)(C)C(C)(C)O3)ccc2c1C=C. The molecule has 1 aliphatic heterocycles. The second-order valence-electron chi connectivity index (χ2n) is 8.19. The molecule has 4 heteroatoms. The smallest absolute Gasteiger partial charge is 0.455 e. The Morgan fingerprint density at radius 3 is 2.21 bits per heavy atom. The number of allylic oxidation sites excluding steroid dienone is 5. The van der Waals surface area contributed by atoms with Crippen LogP contribution in [0.3, 0.4) is 0 Å². The van der Waals surface area contributed by atoms with Gasteiger partial charge in [-0.05, 0) is 58.6 Å². The summed E-state index contributed by atoms with van der Waals surface area (Å²) in [7, 11) is -0.421. The molecule has 0 spiro atoms. The minimum atomic E-state index is -0.421. The van der Waals surface area contributed by atoms with Crippen LogP contribution in [0.1, 0.15) is 60.3 Å². The van der Waals surface area contributed by atoms with E-state index >= 15 is 0 Å². The van der Waals surface area contributed by atoms with Crippen LogP contribution in [0.15, 0.2) is 59.6 Å². The summed E-state index contributed by atoms with van der Waals surface area (Å²) in [5.41, 5.74) is 4.00. The second kappa shape index (κ2) is 8.21. The molecule has 1 aliphatic rings. The summed E-state index contributed by atoms with van der Waals surface area (Å²) < 4.78 is 18.7. The van der Waals surface area contributed by atoms with Crippen LogP contribution in [0.4, 0.5) is 0 Å². The molecule has 29 heavy (non-hydrogen) atoms. The molecule has 0 aliphatic carbocycles. The molecule has 2 heterocycles. The van der Waals surface area contributed by atoms with Crippen molar-refractivity contribution < 1.29 is 13.7 Å². The molecule has 3 nitrogen and oxygen atoms in total. The van der Waals surface area contributed by atoms with Crippen molar-refractivity contribution in [3.05, 3.63) is 66.5 Å². The molecule has 3 rings (SSSR count). The molecule has 2 aromatic rings. The lowest BCUT2D eigenvalue weighted by molar-refractivity contribution is 0.00578. The highest BCUT2D eigenvalue weighted by molar-refractivity contribution is 6.62. The van der Waals surface area contributed by atoms with Gasteiger partial charge in [-0.1, -0.05) is 57.0 Å². The maximum atomic E-state index is 6.29. The van der Waals surface area contributed by atoms with Crippen molar-refractivity contribution in [2.75, 3.05) is 0 Å². The van der Waals surface area contributed by atoms with Crippen molar-refractivity contribution in [1.29, 1.82) is 0 Å². The van der Waals surface area contributed by atoms with Gasteiger partial charge in [0.25, 0.3) is 0 Å². The Labute approximate surface area is 175 Å². The van der Waals surface area contributed by atoms with Crippen molar-refractivity contribution in [1.82, 2.24) is 0 Å². The van der Waals surface area contributed by atoms with Crippen molar-refractivity contribution >= 4 is 35.2 Å². The molecule has 0 saturated carbocycles. The van der Waals surface area contributed by atoms with Crippen LogP contribution in [-0.4, -0.2) is 18.3 Å². The van der Waals surface area contributed by atoms with Gasteiger partial charge in [0.05, 0.1) is 11.2 Å². The lowest BCUT2D eigenvalue weighted by atomic mass is 9.79. The van der Waals surface area contributed by atoms with Gasteiger partial charge in [-0.2, -0.15) is 0 Å². The van der Waals surface area contributed by atoms with Crippen molar-refractivity contribution in [3.63, 3.8) is 0 Å². The first kappa shape index (κ1) is 23.0. The highest BCUT2D eigenvalue weighted by Gasteiger charge is 2.51. The fraction of sp³-hybridized carbons (Fsp3) is 0.360.